The average Bonchev–Trinajstić information content (AvgIpc) is 2.92. The highest BCUT2D eigenvalue weighted by atomic mass is 19.1. The summed E-state index contributed by atoms with van der Waals surface area (Å²) in [6.45, 7) is 3.24. The Hall–Kier alpha value is -3.42. The van der Waals surface area contributed by atoms with Crippen molar-refractivity contribution in [1.82, 2.24) is 9.78 Å². The molecule has 0 saturated carbocycles. The molecule has 26 heavy (non-hydrogen) atoms. The lowest BCUT2D eigenvalue weighted by atomic mass is 10.1. The van der Waals surface area contributed by atoms with E-state index in [0.717, 1.165) is 4.68 Å². The predicted molar refractivity (Wildman–Crippen MR) is 95.1 cm³/mol. The number of nitrogen functional groups attached to an aromatic ring is 1. The molecule has 2 aromatic heterocycles. The number of amides is 1. The van der Waals surface area contributed by atoms with Crippen molar-refractivity contribution in [2.45, 2.75) is 20.4 Å². The lowest BCUT2D eigenvalue weighted by Gasteiger charge is -2.09. The van der Waals surface area contributed by atoms with Gasteiger partial charge in [-0.3, -0.25) is 9.59 Å². The monoisotopic (exact) mass is 356 g/mol. The summed E-state index contributed by atoms with van der Waals surface area (Å²) < 4.78 is 19.4. The van der Waals surface area contributed by atoms with E-state index >= 15 is 0 Å². The van der Waals surface area contributed by atoms with Gasteiger partial charge in [-0.1, -0.05) is 0 Å². The van der Waals surface area contributed by atoms with Gasteiger partial charge in [-0.2, -0.15) is 5.10 Å². The highest BCUT2D eigenvalue weighted by molar-refractivity contribution is 5.90. The molecule has 0 bridgehead atoms. The number of benzene rings is 1. The molecule has 8 heteroatoms. The molecule has 0 spiro atoms. The Morgan fingerprint density at radius 2 is 1.96 bits per heavy atom. The van der Waals surface area contributed by atoms with E-state index < -0.39 is 17.3 Å². The number of nitrogens with one attached hydrogen (secondary N) is 1. The zero-order valence-electron chi connectivity index (χ0n) is 14.2. The number of carbonyl (C=O) groups is 1. The molecule has 0 aliphatic carbocycles. The lowest BCUT2D eigenvalue weighted by Crippen LogP contribution is -2.31. The second-order valence-electron chi connectivity index (χ2n) is 5.83. The minimum absolute atomic E-state index is 0.0252. The number of nitrogens with zero attached hydrogens (tertiary/aromatic N) is 2. The van der Waals surface area contributed by atoms with E-state index in [1.165, 1.54) is 30.3 Å². The summed E-state index contributed by atoms with van der Waals surface area (Å²) in [5.41, 5.74) is 6.73. The van der Waals surface area contributed by atoms with Gasteiger partial charge in [0, 0.05) is 11.3 Å². The van der Waals surface area contributed by atoms with Crippen molar-refractivity contribution in [2.75, 3.05) is 11.1 Å². The van der Waals surface area contributed by atoms with Crippen LogP contribution in [0.4, 0.5) is 15.8 Å². The van der Waals surface area contributed by atoms with Crippen LogP contribution in [0.15, 0.2) is 45.6 Å². The van der Waals surface area contributed by atoms with E-state index in [1.54, 1.807) is 19.9 Å². The van der Waals surface area contributed by atoms with Crippen LogP contribution in [-0.2, 0) is 11.3 Å². The predicted octanol–water partition coefficient (Wildman–Crippen LogP) is 2.48. The smallest absolute Gasteiger partial charge is 0.290 e. The molecule has 3 aromatic rings. The lowest BCUT2D eigenvalue weighted by molar-refractivity contribution is -0.117. The number of halogens is 1. The van der Waals surface area contributed by atoms with Gasteiger partial charge >= 0.3 is 0 Å². The molecule has 0 fully saturated rings. The number of aryl methyl sites for hydroxylation is 2. The summed E-state index contributed by atoms with van der Waals surface area (Å²) in [6.07, 6.45) is 0. The molecule has 3 rings (SSSR count). The van der Waals surface area contributed by atoms with Crippen LogP contribution in [0, 0.1) is 19.7 Å². The maximum absolute atomic E-state index is 12.9. The minimum atomic E-state index is -0.569. The van der Waals surface area contributed by atoms with Crippen LogP contribution in [0.2, 0.25) is 0 Å². The number of nitrogens with two attached hydrogens (primary N) is 1. The second-order valence-corrected chi connectivity index (χ2v) is 5.83. The summed E-state index contributed by atoms with van der Waals surface area (Å²) >= 11 is 0. The normalized spacial score (nSPS) is 10.7. The first kappa shape index (κ1) is 17.4. The van der Waals surface area contributed by atoms with E-state index in [4.69, 9.17) is 10.2 Å². The summed E-state index contributed by atoms with van der Waals surface area (Å²) in [6, 6.07) is 8.53. The molecule has 0 saturated heterocycles. The van der Waals surface area contributed by atoms with Gasteiger partial charge in [0.05, 0.1) is 5.69 Å². The van der Waals surface area contributed by atoms with Gasteiger partial charge in [0.1, 0.15) is 29.6 Å². The van der Waals surface area contributed by atoms with Crippen molar-refractivity contribution >= 4 is 17.3 Å². The second kappa shape index (κ2) is 6.83. The Bertz CT molecular complexity index is 1020. The standard InChI is InChI=1S/C18H17FN4O3/c1-10-7-14(11(2)26-10)16-8-15(20)18(25)23(22-16)9-17(24)21-13-5-3-12(19)4-6-13/h3-8H,9,20H2,1-2H3,(H,21,24). The summed E-state index contributed by atoms with van der Waals surface area (Å²) in [7, 11) is 0. The number of rotatable bonds is 4. The van der Waals surface area contributed by atoms with E-state index in [2.05, 4.69) is 10.4 Å². The third kappa shape index (κ3) is 3.64. The van der Waals surface area contributed by atoms with E-state index in [9.17, 15) is 14.0 Å². The van der Waals surface area contributed by atoms with Gasteiger partial charge in [-0.15, -0.1) is 0 Å². The minimum Gasteiger partial charge on any atom is -0.466 e. The van der Waals surface area contributed by atoms with Crippen LogP contribution < -0.4 is 16.6 Å². The average molecular weight is 356 g/mol. The quantitative estimate of drug-likeness (QED) is 0.747. The highest BCUT2D eigenvalue weighted by Crippen LogP contribution is 2.25. The van der Waals surface area contributed by atoms with E-state index in [1.807, 2.05) is 0 Å². The molecule has 0 aliphatic rings. The van der Waals surface area contributed by atoms with Crippen molar-refractivity contribution in [3.8, 4) is 11.3 Å². The van der Waals surface area contributed by atoms with Crippen molar-refractivity contribution in [3.63, 3.8) is 0 Å². The van der Waals surface area contributed by atoms with Crippen LogP contribution in [0.1, 0.15) is 11.5 Å². The third-order valence-electron chi connectivity index (χ3n) is 3.74. The molecule has 0 radical (unpaired) electrons. The first-order valence-corrected chi connectivity index (χ1v) is 7.84. The van der Waals surface area contributed by atoms with Gasteiger partial charge in [-0.25, -0.2) is 9.07 Å². The number of furan rings is 1. The van der Waals surface area contributed by atoms with Gasteiger partial charge in [-0.05, 0) is 50.2 Å². The molecule has 0 atom stereocenters. The topological polar surface area (TPSA) is 103 Å². The van der Waals surface area contributed by atoms with Crippen LogP contribution in [0.3, 0.4) is 0 Å². The molecule has 2 heterocycles. The first-order valence-electron chi connectivity index (χ1n) is 7.84. The third-order valence-corrected chi connectivity index (χ3v) is 3.74. The Balaban J connectivity index is 1.87. The van der Waals surface area contributed by atoms with E-state index in [0.29, 0.717) is 28.5 Å². The fourth-order valence-corrected chi connectivity index (χ4v) is 2.56. The summed E-state index contributed by atoms with van der Waals surface area (Å²) in [4.78, 5) is 24.4. The van der Waals surface area contributed by atoms with Crippen LogP contribution in [0.25, 0.3) is 11.3 Å². The van der Waals surface area contributed by atoms with Crippen molar-refractivity contribution < 1.29 is 13.6 Å². The van der Waals surface area contributed by atoms with Gasteiger partial charge < -0.3 is 15.5 Å². The number of aromatic nitrogens is 2. The SMILES string of the molecule is Cc1cc(-c2cc(N)c(=O)n(CC(=O)Nc3ccc(F)cc3)n2)c(C)o1. The Labute approximate surface area is 148 Å². The molecule has 1 aromatic carbocycles. The molecule has 0 aliphatic heterocycles. The molecule has 134 valence electrons. The highest BCUT2D eigenvalue weighted by Gasteiger charge is 2.15. The first-order chi connectivity index (χ1) is 12.3. The molecule has 3 N–H and O–H groups in total. The maximum Gasteiger partial charge on any atom is 0.290 e. The molecule has 7 nitrogen and oxygen atoms in total. The van der Waals surface area contributed by atoms with Gasteiger partial charge in [0.25, 0.3) is 5.56 Å². The number of hydrogen-bond acceptors (Lipinski definition) is 5. The van der Waals surface area contributed by atoms with Gasteiger partial charge in [0.2, 0.25) is 5.91 Å². The fraction of sp³-hybridized carbons (Fsp3) is 0.167. The largest absolute Gasteiger partial charge is 0.466 e. The summed E-state index contributed by atoms with van der Waals surface area (Å²) in [5.74, 6) is 0.440. The maximum atomic E-state index is 12.9. The van der Waals surface area contributed by atoms with Crippen molar-refractivity contribution in [3.05, 3.63) is 64.1 Å². The number of anilines is 2. The van der Waals surface area contributed by atoms with Crippen molar-refractivity contribution in [2.24, 2.45) is 0 Å². The van der Waals surface area contributed by atoms with Crippen molar-refractivity contribution in [1.29, 1.82) is 0 Å². The van der Waals surface area contributed by atoms with Crippen LogP contribution in [0.5, 0.6) is 0 Å². The summed E-state index contributed by atoms with van der Waals surface area (Å²) in [5, 5.41) is 6.79. The molecule has 1 amide bonds. The zero-order chi connectivity index (χ0) is 18.8. The van der Waals surface area contributed by atoms with E-state index in [-0.39, 0.29) is 12.2 Å². The molecule has 0 unspecified atom stereocenters. The fourth-order valence-electron chi connectivity index (χ4n) is 2.56. The zero-order valence-corrected chi connectivity index (χ0v) is 14.2. The molecular weight excluding hydrogens is 339 g/mol. The Morgan fingerprint density at radius 3 is 2.58 bits per heavy atom. The van der Waals surface area contributed by atoms with Crippen LogP contribution in [-0.4, -0.2) is 15.7 Å². The number of carbonyl (C=O) groups excluding carboxylic acids is 1. The van der Waals surface area contributed by atoms with Crippen LogP contribution >= 0.6 is 0 Å². The Morgan fingerprint density at radius 1 is 1.27 bits per heavy atom. The molecular formula is C18H17FN4O3. The van der Waals surface area contributed by atoms with Gasteiger partial charge in [0.15, 0.2) is 0 Å². The Kier molecular flexibility index (Phi) is 4.57. The number of hydrogen-bond donors (Lipinski definition) is 2.